The molecule has 18 heavy (non-hydrogen) atoms. The van der Waals surface area contributed by atoms with E-state index >= 15 is 0 Å². The summed E-state index contributed by atoms with van der Waals surface area (Å²) in [5.74, 6) is 0.139. The highest BCUT2D eigenvalue weighted by molar-refractivity contribution is 9.10. The third-order valence-electron chi connectivity index (χ3n) is 2.99. The van der Waals surface area contributed by atoms with Gasteiger partial charge in [0.2, 0.25) is 5.91 Å². The van der Waals surface area contributed by atoms with Gasteiger partial charge >= 0.3 is 0 Å². The monoisotopic (exact) mass is 312 g/mol. The highest BCUT2D eigenvalue weighted by Gasteiger charge is 2.17. The number of amides is 1. The topological polar surface area (TPSA) is 32.3 Å². The zero-order valence-electron chi connectivity index (χ0n) is 11.5. The van der Waals surface area contributed by atoms with Crippen LogP contribution in [0.2, 0.25) is 0 Å². The number of hydrogen-bond donors (Lipinski definition) is 1. The van der Waals surface area contributed by atoms with E-state index in [1.165, 1.54) is 0 Å². The molecule has 1 atom stereocenters. The maximum absolute atomic E-state index is 12.1. The Kier molecular flexibility index (Phi) is 5.66. The van der Waals surface area contributed by atoms with Gasteiger partial charge in [-0.2, -0.15) is 0 Å². The molecule has 1 aromatic rings. The second-order valence-corrected chi connectivity index (χ2v) is 5.19. The minimum Gasteiger partial charge on any atom is -0.374 e. The Morgan fingerprint density at radius 3 is 2.50 bits per heavy atom. The lowest BCUT2D eigenvalue weighted by atomic mass is 10.2. The Labute approximate surface area is 118 Å². The number of hydrogen-bond acceptors (Lipinski definition) is 2. The van der Waals surface area contributed by atoms with Crippen molar-refractivity contribution >= 4 is 27.5 Å². The van der Waals surface area contributed by atoms with Crippen molar-refractivity contribution in [3.8, 4) is 0 Å². The first-order valence-electron chi connectivity index (χ1n) is 6.31. The summed E-state index contributed by atoms with van der Waals surface area (Å²) in [6.45, 7) is 9.43. The number of carbonyl (C=O) groups is 1. The summed E-state index contributed by atoms with van der Waals surface area (Å²) in [7, 11) is 0. The number of likely N-dealkylation sites (N-methyl/N-ethyl adjacent to an activating group) is 1. The fourth-order valence-electron chi connectivity index (χ4n) is 1.86. The molecule has 0 aliphatic carbocycles. The third kappa shape index (κ3) is 3.73. The quantitative estimate of drug-likeness (QED) is 0.903. The minimum absolute atomic E-state index is 0.139. The molecule has 0 aromatic heterocycles. The minimum atomic E-state index is -0.203. The molecule has 0 bridgehead atoms. The van der Waals surface area contributed by atoms with Crippen LogP contribution in [-0.2, 0) is 4.79 Å². The molecule has 1 rings (SSSR count). The molecule has 0 fully saturated rings. The molecule has 1 amide bonds. The number of rotatable bonds is 5. The van der Waals surface area contributed by atoms with Gasteiger partial charge < -0.3 is 10.2 Å². The molecule has 0 saturated carbocycles. The zero-order chi connectivity index (χ0) is 13.7. The molecular formula is C14H21BrN2O. The smallest absolute Gasteiger partial charge is 0.244 e. The van der Waals surface area contributed by atoms with Gasteiger partial charge in [-0.15, -0.1) is 0 Å². The molecule has 0 spiro atoms. The average Bonchev–Trinajstić information content (AvgIpc) is 2.35. The number of halogens is 1. The summed E-state index contributed by atoms with van der Waals surface area (Å²) < 4.78 is 1.08. The van der Waals surface area contributed by atoms with E-state index in [1.807, 2.05) is 50.8 Å². The second-order valence-electron chi connectivity index (χ2n) is 4.34. The van der Waals surface area contributed by atoms with Gasteiger partial charge in [-0.05, 0) is 51.5 Å². The Balaban J connectivity index is 2.71. The van der Waals surface area contributed by atoms with Crippen LogP contribution in [0.5, 0.6) is 0 Å². The Morgan fingerprint density at radius 2 is 2.00 bits per heavy atom. The molecule has 3 nitrogen and oxygen atoms in total. The predicted molar refractivity (Wildman–Crippen MR) is 79.9 cm³/mol. The van der Waals surface area contributed by atoms with Crippen molar-refractivity contribution < 1.29 is 4.79 Å². The van der Waals surface area contributed by atoms with Crippen LogP contribution in [0.1, 0.15) is 26.3 Å². The van der Waals surface area contributed by atoms with Crippen molar-refractivity contribution in [2.75, 3.05) is 18.4 Å². The molecule has 0 aliphatic rings. The molecule has 100 valence electrons. The van der Waals surface area contributed by atoms with Crippen molar-refractivity contribution in [2.24, 2.45) is 0 Å². The summed E-state index contributed by atoms with van der Waals surface area (Å²) in [6, 6.07) is 5.80. The van der Waals surface area contributed by atoms with Gasteiger partial charge in [-0.1, -0.05) is 15.9 Å². The van der Waals surface area contributed by atoms with Crippen LogP contribution in [0.4, 0.5) is 5.69 Å². The largest absolute Gasteiger partial charge is 0.374 e. The summed E-state index contributed by atoms with van der Waals surface area (Å²) in [5, 5.41) is 3.25. The molecule has 1 unspecified atom stereocenters. The van der Waals surface area contributed by atoms with Gasteiger partial charge in [0.25, 0.3) is 0 Å². The summed E-state index contributed by atoms with van der Waals surface area (Å²) >= 11 is 3.47. The Bertz CT molecular complexity index is 416. The van der Waals surface area contributed by atoms with Crippen LogP contribution < -0.4 is 5.32 Å². The van der Waals surface area contributed by atoms with Crippen LogP contribution in [0.3, 0.4) is 0 Å². The molecule has 0 heterocycles. The van der Waals surface area contributed by atoms with Crippen LogP contribution >= 0.6 is 15.9 Å². The van der Waals surface area contributed by atoms with E-state index in [4.69, 9.17) is 0 Å². The standard InChI is InChI=1S/C14H21BrN2O/c1-5-17(6-2)14(18)11(4)16-12-7-8-13(15)10(3)9-12/h7-9,11,16H,5-6H2,1-4H3. The van der Waals surface area contributed by atoms with Crippen molar-refractivity contribution in [1.29, 1.82) is 0 Å². The Morgan fingerprint density at radius 1 is 1.39 bits per heavy atom. The summed E-state index contributed by atoms with van der Waals surface area (Å²) in [5.41, 5.74) is 2.13. The summed E-state index contributed by atoms with van der Waals surface area (Å²) in [4.78, 5) is 14.0. The number of anilines is 1. The van der Waals surface area contributed by atoms with Crippen molar-refractivity contribution in [3.63, 3.8) is 0 Å². The van der Waals surface area contributed by atoms with Gasteiger partial charge in [-0.3, -0.25) is 4.79 Å². The molecule has 0 aliphatic heterocycles. The normalized spacial score (nSPS) is 12.1. The lowest BCUT2D eigenvalue weighted by Gasteiger charge is -2.24. The predicted octanol–water partition coefficient (Wildman–Crippen LogP) is 3.43. The molecular weight excluding hydrogens is 292 g/mol. The van der Waals surface area contributed by atoms with E-state index in [9.17, 15) is 4.79 Å². The number of benzene rings is 1. The van der Waals surface area contributed by atoms with Crippen LogP contribution in [0.15, 0.2) is 22.7 Å². The highest BCUT2D eigenvalue weighted by atomic mass is 79.9. The van der Waals surface area contributed by atoms with E-state index in [0.29, 0.717) is 0 Å². The Hall–Kier alpha value is -1.03. The number of nitrogens with one attached hydrogen (secondary N) is 1. The van der Waals surface area contributed by atoms with E-state index in [0.717, 1.165) is 28.8 Å². The maximum Gasteiger partial charge on any atom is 0.244 e. The number of nitrogens with zero attached hydrogens (tertiary/aromatic N) is 1. The fraction of sp³-hybridized carbons (Fsp3) is 0.500. The van der Waals surface area contributed by atoms with Crippen LogP contribution in [0.25, 0.3) is 0 Å². The van der Waals surface area contributed by atoms with Gasteiger partial charge in [0.1, 0.15) is 6.04 Å². The van der Waals surface area contributed by atoms with Crippen LogP contribution in [-0.4, -0.2) is 29.9 Å². The average molecular weight is 313 g/mol. The van der Waals surface area contributed by atoms with Gasteiger partial charge in [0, 0.05) is 23.2 Å². The lowest BCUT2D eigenvalue weighted by molar-refractivity contribution is -0.131. The third-order valence-corrected chi connectivity index (χ3v) is 3.88. The maximum atomic E-state index is 12.1. The molecule has 4 heteroatoms. The first-order valence-corrected chi connectivity index (χ1v) is 7.10. The number of carbonyl (C=O) groups excluding carboxylic acids is 1. The molecule has 1 aromatic carbocycles. The highest BCUT2D eigenvalue weighted by Crippen LogP contribution is 2.20. The summed E-state index contributed by atoms with van der Waals surface area (Å²) in [6.07, 6.45) is 0. The van der Waals surface area contributed by atoms with Crippen molar-refractivity contribution in [3.05, 3.63) is 28.2 Å². The van der Waals surface area contributed by atoms with Gasteiger partial charge in [-0.25, -0.2) is 0 Å². The van der Waals surface area contributed by atoms with Crippen molar-refractivity contribution in [1.82, 2.24) is 4.90 Å². The molecule has 0 saturated heterocycles. The van der Waals surface area contributed by atoms with E-state index in [1.54, 1.807) is 0 Å². The number of aryl methyl sites for hydroxylation is 1. The fourth-order valence-corrected chi connectivity index (χ4v) is 2.10. The van der Waals surface area contributed by atoms with E-state index < -0.39 is 0 Å². The lowest BCUT2D eigenvalue weighted by Crippen LogP contribution is -2.41. The first kappa shape index (κ1) is 15.0. The van der Waals surface area contributed by atoms with Crippen LogP contribution in [0, 0.1) is 6.92 Å². The van der Waals surface area contributed by atoms with E-state index in [2.05, 4.69) is 21.2 Å². The zero-order valence-corrected chi connectivity index (χ0v) is 13.0. The molecule has 0 radical (unpaired) electrons. The second kappa shape index (κ2) is 6.78. The van der Waals surface area contributed by atoms with Gasteiger partial charge in [0.15, 0.2) is 0 Å². The molecule has 1 N–H and O–H groups in total. The van der Waals surface area contributed by atoms with Crippen molar-refractivity contribution in [2.45, 2.75) is 33.7 Å². The SMILES string of the molecule is CCN(CC)C(=O)C(C)Nc1ccc(Br)c(C)c1. The van der Waals surface area contributed by atoms with E-state index in [-0.39, 0.29) is 11.9 Å². The first-order chi connectivity index (χ1) is 8.49. The van der Waals surface area contributed by atoms with Gasteiger partial charge in [0.05, 0.1) is 0 Å².